The molecule has 0 bridgehead atoms. The molecule has 1 atom stereocenters. The molecule has 118 valence electrons. The van der Waals surface area contributed by atoms with E-state index in [1.165, 1.54) is 0 Å². The number of aromatic nitrogens is 2. The Bertz CT molecular complexity index is 853. The zero-order chi connectivity index (χ0) is 16.4. The molecule has 1 unspecified atom stereocenters. The topological polar surface area (TPSA) is 44.1 Å². The van der Waals surface area contributed by atoms with Crippen LogP contribution in [0.4, 0.5) is 0 Å². The maximum atomic E-state index is 12.7. The number of nitrogens with zero attached hydrogens (tertiary/aromatic N) is 2. The predicted octanol–water partition coefficient (Wildman–Crippen LogP) is 3.67. The maximum Gasteiger partial charge on any atom is 0.336 e. The average Bonchev–Trinajstić information content (AvgIpc) is 3.00. The van der Waals surface area contributed by atoms with Crippen molar-refractivity contribution in [3.05, 3.63) is 66.2 Å². The summed E-state index contributed by atoms with van der Waals surface area (Å²) in [5.41, 5.74) is 0.801. The molecular weight excluding hydrogens is 288 g/mol. The largest absolute Gasteiger partial charge is 0.464 e. The van der Waals surface area contributed by atoms with Gasteiger partial charge in [-0.25, -0.2) is 9.78 Å². The summed E-state index contributed by atoms with van der Waals surface area (Å²) >= 11 is 0. The first-order valence-corrected chi connectivity index (χ1v) is 7.73. The molecule has 0 aliphatic carbocycles. The van der Waals surface area contributed by atoms with Crippen LogP contribution in [0, 0.1) is 6.92 Å². The van der Waals surface area contributed by atoms with Crippen LogP contribution in [0.3, 0.4) is 0 Å². The molecule has 0 aliphatic heterocycles. The second-order valence-electron chi connectivity index (χ2n) is 5.78. The molecule has 0 spiro atoms. The Morgan fingerprint density at radius 1 is 1.22 bits per heavy atom. The zero-order valence-electron chi connectivity index (χ0n) is 13.6. The Kier molecular flexibility index (Phi) is 3.90. The molecule has 1 heterocycles. The van der Waals surface area contributed by atoms with E-state index in [2.05, 4.69) is 11.1 Å². The van der Waals surface area contributed by atoms with Crippen LogP contribution in [0.5, 0.6) is 0 Å². The van der Waals surface area contributed by atoms with Gasteiger partial charge in [0.15, 0.2) is 5.54 Å². The monoisotopic (exact) mass is 308 g/mol. The lowest BCUT2D eigenvalue weighted by Crippen LogP contribution is -2.41. The van der Waals surface area contributed by atoms with Gasteiger partial charge in [-0.1, -0.05) is 36.4 Å². The molecule has 0 amide bonds. The van der Waals surface area contributed by atoms with Crippen molar-refractivity contribution < 1.29 is 9.53 Å². The summed E-state index contributed by atoms with van der Waals surface area (Å²) in [5, 5.41) is 2.24. The van der Waals surface area contributed by atoms with Gasteiger partial charge in [-0.2, -0.15) is 0 Å². The van der Waals surface area contributed by atoms with Gasteiger partial charge in [-0.05, 0) is 43.2 Å². The summed E-state index contributed by atoms with van der Waals surface area (Å²) < 4.78 is 7.17. The summed E-state index contributed by atoms with van der Waals surface area (Å²) in [6, 6.07) is 14.2. The van der Waals surface area contributed by atoms with E-state index in [4.69, 9.17) is 4.74 Å². The Morgan fingerprint density at radius 2 is 1.96 bits per heavy atom. The van der Waals surface area contributed by atoms with Crippen molar-refractivity contribution in [1.82, 2.24) is 9.55 Å². The molecule has 0 aliphatic rings. The molecule has 4 heteroatoms. The summed E-state index contributed by atoms with van der Waals surface area (Å²) in [4.78, 5) is 17.0. The number of hydrogen-bond donors (Lipinski definition) is 0. The van der Waals surface area contributed by atoms with Gasteiger partial charge in [-0.3, -0.25) is 0 Å². The number of carbonyl (C=O) groups is 1. The van der Waals surface area contributed by atoms with Gasteiger partial charge >= 0.3 is 5.97 Å². The first-order chi connectivity index (χ1) is 11.1. The third kappa shape index (κ3) is 2.61. The van der Waals surface area contributed by atoms with Crippen LogP contribution in [0.1, 0.15) is 25.1 Å². The second-order valence-corrected chi connectivity index (χ2v) is 5.78. The minimum Gasteiger partial charge on any atom is -0.464 e. The van der Waals surface area contributed by atoms with E-state index in [0.717, 1.165) is 22.0 Å². The number of aryl methyl sites for hydroxylation is 1. The van der Waals surface area contributed by atoms with Crippen LogP contribution in [-0.2, 0) is 15.1 Å². The predicted molar refractivity (Wildman–Crippen MR) is 90.3 cm³/mol. The van der Waals surface area contributed by atoms with Crippen molar-refractivity contribution in [2.24, 2.45) is 0 Å². The smallest absolute Gasteiger partial charge is 0.336 e. The number of fused-ring (bicyclic) bond motifs is 1. The highest BCUT2D eigenvalue weighted by Crippen LogP contribution is 2.30. The van der Waals surface area contributed by atoms with E-state index in [0.29, 0.717) is 6.61 Å². The van der Waals surface area contributed by atoms with Gasteiger partial charge in [0, 0.05) is 6.20 Å². The van der Waals surface area contributed by atoms with Crippen molar-refractivity contribution in [3.8, 4) is 0 Å². The summed E-state index contributed by atoms with van der Waals surface area (Å²) in [6.07, 6.45) is 3.55. The van der Waals surface area contributed by atoms with Crippen molar-refractivity contribution in [3.63, 3.8) is 0 Å². The molecule has 0 N–H and O–H groups in total. The van der Waals surface area contributed by atoms with Crippen LogP contribution in [0.25, 0.3) is 10.8 Å². The Balaban J connectivity index is 2.18. The second kappa shape index (κ2) is 5.88. The summed E-state index contributed by atoms with van der Waals surface area (Å²) in [5.74, 6) is -0.285. The fourth-order valence-corrected chi connectivity index (χ4v) is 2.80. The lowest BCUT2D eigenvalue weighted by Gasteiger charge is -2.29. The van der Waals surface area contributed by atoms with Gasteiger partial charge in [-0.15, -0.1) is 0 Å². The number of benzene rings is 2. The summed E-state index contributed by atoms with van der Waals surface area (Å²) in [6.45, 7) is 5.94. The first kappa shape index (κ1) is 15.3. The molecule has 0 saturated heterocycles. The highest BCUT2D eigenvalue weighted by Gasteiger charge is 2.38. The van der Waals surface area contributed by atoms with Crippen LogP contribution >= 0.6 is 0 Å². The Hall–Kier alpha value is -2.62. The van der Waals surface area contributed by atoms with Crippen LogP contribution in [-0.4, -0.2) is 22.1 Å². The minimum absolute atomic E-state index is 0.285. The number of carbonyl (C=O) groups excluding carboxylic acids is 1. The highest BCUT2D eigenvalue weighted by molar-refractivity contribution is 5.88. The van der Waals surface area contributed by atoms with E-state index < -0.39 is 5.54 Å². The number of hydrogen-bond acceptors (Lipinski definition) is 3. The molecule has 0 saturated carbocycles. The third-order valence-electron chi connectivity index (χ3n) is 4.21. The fourth-order valence-electron chi connectivity index (χ4n) is 2.80. The molecule has 0 fully saturated rings. The molecule has 3 rings (SSSR count). The van der Waals surface area contributed by atoms with Gasteiger partial charge < -0.3 is 9.30 Å². The standard InChI is InChI=1S/C19H20N2O2/c1-4-23-18(22)19(3,21-12-14(2)20-13-21)17-10-9-15-7-5-6-8-16(15)11-17/h5-13H,4H2,1-3H3. The maximum absolute atomic E-state index is 12.7. The number of rotatable bonds is 4. The van der Waals surface area contributed by atoms with Crippen molar-refractivity contribution in [2.45, 2.75) is 26.3 Å². The van der Waals surface area contributed by atoms with Crippen molar-refractivity contribution in [2.75, 3.05) is 6.61 Å². The lowest BCUT2D eigenvalue weighted by molar-refractivity contribution is -0.150. The van der Waals surface area contributed by atoms with E-state index >= 15 is 0 Å². The molecule has 0 radical (unpaired) electrons. The van der Waals surface area contributed by atoms with Gasteiger partial charge in [0.25, 0.3) is 0 Å². The van der Waals surface area contributed by atoms with Gasteiger partial charge in [0.1, 0.15) is 0 Å². The third-order valence-corrected chi connectivity index (χ3v) is 4.21. The molecule has 23 heavy (non-hydrogen) atoms. The first-order valence-electron chi connectivity index (χ1n) is 7.73. The number of esters is 1. The van der Waals surface area contributed by atoms with E-state index in [-0.39, 0.29) is 5.97 Å². The SMILES string of the molecule is CCOC(=O)C(C)(c1ccc2ccccc2c1)n1cnc(C)c1. The van der Waals surface area contributed by atoms with Crippen LogP contribution in [0.15, 0.2) is 55.0 Å². The van der Waals surface area contributed by atoms with E-state index in [1.807, 2.05) is 67.9 Å². The average molecular weight is 308 g/mol. The molecular formula is C19H20N2O2. The summed E-state index contributed by atoms with van der Waals surface area (Å²) in [7, 11) is 0. The van der Waals surface area contributed by atoms with Gasteiger partial charge in [0.05, 0.1) is 18.6 Å². The molecule has 2 aromatic carbocycles. The van der Waals surface area contributed by atoms with Crippen molar-refractivity contribution >= 4 is 16.7 Å². The van der Waals surface area contributed by atoms with E-state index in [1.54, 1.807) is 6.33 Å². The molecule has 4 nitrogen and oxygen atoms in total. The Labute approximate surface area is 135 Å². The minimum atomic E-state index is -0.943. The normalized spacial score (nSPS) is 13.7. The zero-order valence-corrected chi connectivity index (χ0v) is 13.6. The quantitative estimate of drug-likeness (QED) is 0.691. The fraction of sp³-hybridized carbons (Fsp3) is 0.263. The van der Waals surface area contributed by atoms with Crippen LogP contribution in [0.2, 0.25) is 0 Å². The number of imidazole rings is 1. The van der Waals surface area contributed by atoms with E-state index in [9.17, 15) is 4.79 Å². The number of ether oxygens (including phenoxy) is 1. The Morgan fingerprint density at radius 3 is 2.61 bits per heavy atom. The van der Waals surface area contributed by atoms with Crippen LogP contribution < -0.4 is 0 Å². The van der Waals surface area contributed by atoms with Crippen molar-refractivity contribution in [1.29, 1.82) is 0 Å². The molecule has 3 aromatic rings. The lowest BCUT2D eigenvalue weighted by atomic mass is 9.90. The molecule has 1 aromatic heterocycles. The highest BCUT2D eigenvalue weighted by atomic mass is 16.5. The van der Waals surface area contributed by atoms with Gasteiger partial charge in [0.2, 0.25) is 0 Å².